The minimum absolute atomic E-state index is 0.242. The summed E-state index contributed by atoms with van der Waals surface area (Å²) in [6, 6.07) is 7.03. The zero-order valence-corrected chi connectivity index (χ0v) is 11.6. The molecule has 0 aliphatic heterocycles. The number of rotatable bonds is 5. The number of hydrogen-bond donors (Lipinski definition) is 0. The van der Waals surface area contributed by atoms with Gasteiger partial charge in [-0.1, -0.05) is 12.1 Å². The van der Waals surface area contributed by atoms with E-state index in [0.29, 0.717) is 0 Å². The van der Waals surface area contributed by atoms with Crippen molar-refractivity contribution in [2.75, 3.05) is 0 Å². The van der Waals surface area contributed by atoms with Gasteiger partial charge in [0.1, 0.15) is 5.41 Å². The van der Waals surface area contributed by atoms with E-state index in [1.807, 2.05) is 0 Å². The summed E-state index contributed by atoms with van der Waals surface area (Å²) in [5.41, 5.74) is -2.45. The predicted molar refractivity (Wildman–Crippen MR) is 68.4 cm³/mol. The Labute approximate surface area is 128 Å². The summed E-state index contributed by atoms with van der Waals surface area (Å²) in [4.78, 5) is 0. The highest BCUT2D eigenvalue weighted by atomic mass is 19.4. The number of hydrogen-bond acceptors (Lipinski definition) is 2. The molecule has 1 aromatic rings. The van der Waals surface area contributed by atoms with Gasteiger partial charge in [-0.25, -0.2) is 4.39 Å². The van der Waals surface area contributed by atoms with Crippen molar-refractivity contribution < 1.29 is 26.3 Å². The number of nitriles is 2. The van der Waals surface area contributed by atoms with Crippen LogP contribution in [0.25, 0.3) is 0 Å². The molecule has 0 unspecified atom stereocenters. The topological polar surface area (TPSA) is 47.6 Å². The fourth-order valence-corrected chi connectivity index (χ4v) is 1.88. The lowest BCUT2D eigenvalue weighted by molar-refractivity contribution is -0.137. The average Bonchev–Trinajstić information content (AvgIpc) is 2.50. The van der Waals surface area contributed by atoms with E-state index in [1.54, 1.807) is 12.1 Å². The van der Waals surface area contributed by atoms with Gasteiger partial charge in [0.2, 0.25) is 0 Å². The molecule has 0 heterocycles. The quantitative estimate of drug-likeness (QED) is 0.701. The first-order valence-corrected chi connectivity index (χ1v) is 6.32. The molecule has 0 amide bonds. The van der Waals surface area contributed by atoms with Gasteiger partial charge in [0, 0.05) is 12.8 Å². The van der Waals surface area contributed by atoms with E-state index in [4.69, 9.17) is 10.5 Å². The Morgan fingerprint density at radius 1 is 0.957 bits per heavy atom. The highest BCUT2D eigenvalue weighted by Crippen LogP contribution is 2.33. The van der Waals surface area contributed by atoms with Gasteiger partial charge in [0.15, 0.2) is 5.83 Å². The first kappa shape index (κ1) is 18.6. The maximum Gasteiger partial charge on any atom is 0.416 e. The number of alkyl halides is 3. The molecule has 0 aliphatic carbocycles. The number of halogens is 6. The molecule has 1 rings (SSSR count). The highest BCUT2D eigenvalue weighted by Gasteiger charge is 2.33. The Balaban J connectivity index is 2.94. The van der Waals surface area contributed by atoms with Crippen molar-refractivity contribution in [3.8, 4) is 12.1 Å². The van der Waals surface area contributed by atoms with Gasteiger partial charge < -0.3 is 0 Å². The smallest absolute Gasteiger partial charge is 0.206 e. The second-order valence-corrected chi connectivity index (χ2v) is 4.84. The molecular formula is C15H10F6N2. The number of nitrogens with zero attached hydrogens (tertiary/aromatic N) is 2. The Morgan fingerprint density at radius 3 is 1.87 bits per heavy atom. The van der Waals surface area contributed by atoms with Crippen molar-refractivity contribution in [1.29, 1.82) is 10.5 Å². The first-order valence-electron chi connectivity index (χ1n) is 6.32. The first-order chi connectivity index (χ1) is 10.6. The molecule has 0 radical (unpaired) electrons. The third-order valence-corrected chi connectivity index (χ3v) is 3.19. The molecule has 122 valence electrons. The van der Waals surface area contributed by atoms with E-state index < -0.39 is 41.9 Å². The standard InChI is InChI=1S/C15H10F6N2/c16-12(13(17)18)5-6-14(8-22,9-23)7-10-1-3-11(4-2-10)15(19,20)21/h1-4H,5-7H2. The summed E-state index contributed by atoms with van der Waals surface area (Å²) in [7, 11) is 0. The summed E-state index contributed by atoms with van der Waals surface area (Å²) in [6.07, 6.45) is -8.63. The highest BCUT2D eigenvalue weighted by molar-refractivity contribution is 5.29. The number of benzene rings is 1. The fraction of sp³-hybridized carbons (Fsp3) is 0.333. The molecule has 0 saturated carbocycles. The Morgan fingerprint density at radius 2 is 1.48 bits per heavy atom. The SMILES string of the molecule is N#CC(C#N)(CCC(F)=C(F)F)Cc1ccc(C(F)(F)F)cc1. The normalized spacial score (nSPS) is 11.5. The molecule has 0 spiro atoms. The lowest BCUT2D eigenvalue weighted by Crippen LogP contribution is -2.20. The Hall–Kier alpha value is -2.48. The van der Waals surface area contributed by atoms with E-state index in [0.717, 1.165) is 24.3 Å². The van der Waals surface area contributed by atoms with Crippen LogP contribution in [0.2, 0.25) is 0 Å². The van der Waals surface area contributed by atoms with Gasteiger partial charge in [0.25, 0.3) is 0 Å². The maximum absolute atomic E-state index is 12.8. The van der Waals surface area contributed by atoms with Crippen LogP contribution in [0.3, 0.4) is 0 Å². The molecule has 0 aliphatic rings. The average molecular weight is 332 g/mol. The van der Waals surface area contributed by atoms with Crippen LogP contribution in [0.15, 0.2) is 36.2 Å². The Kier molecular flexibility index (Phi) is 5.80. The van der Waals surface area contributed by atoms with Gasteiger partial charge >= 0.3 is 12.3 Å². The molecule has 0 N–H and O–H groups in total. The molecule has 23 heavy (non-hydrogen) atoms. The molecule has 0 atom stereocenters. The second-order valence-electron chi connectivity index (χ2n) is 4.84. The van der Waals surface area contributed by atoms with Crippen LogP contribution in [0.1, 0.15) is 24.0 Å². The largest absolute Gasteiger partial charge is 0.416 e. The van der Waals surface area contributed by atoms with Gasteiger partial charge in [-0.05, 0) is 24.1 Å². The van der Waals surface area contributed by atoms with Crippen molar-refractivity contribution in [1.82, 2.24) is 0 Å². The minimum atomic E-state index is -4.52. The molecular weight excluding hydrogens is 322 g/mol. The van der Waals surface area contributed by atoms with Crippen LogP contribution in [0, 0.1) is 28.1 Å². The van der Waals surface area contributed by atoms with Crippen LogP contribution in [-0.4, -0.2) is 0 Å². The Bertz CT molecular complexity index is 643. The van der Waals surface area contributed by atoms with Crippen LogP contribution < -0.4 is 0 Å². The van der Waals surface area contributed by atoms with E-state index in [1.165, 1.54) is 0 Å². The van der Waals surface area contributed by atoms with Crippen molar-refractivity contribution >= 4 is 0 Å². The number of allylic oxidation sites excluding steroid dienone is 1. The van der Waals surface area contributed by atoms with E-state index in [9.17, 15) is 26.3 Å². The van der Waals surface area contributed by atoms with E-state index in [-0.39, 0.29) is 12.0 Å². The lowest BCUT2D eigenvalue weighted by Gasteiger charge is -2.18. The fourth-order valence-electron chi connectivity index (χ4n) is 1.88. The van der Waals surface area contributed by atoms with Gasteiger partial charge in [-0.2, -0.15) is 32.5 Å². The van der Waals surface area contributed by atoms with Crippen molar-refractivity contribution in [2.45, 2.75) is 25.4 Å². The molecule has 0 bridgehead atoms. The van der Waals surface area contributed by atoms with Crippen LogP contribution in [0.5, 0.6) is 0 Å². The third kappa shape index (κ3) is 5.03. The minimum Gasteiger partial charge on any atom is -0.206 e. The molecule has 0 aromatic heterocycles. The molecule has 1 aromatic carbocycles. The molecule has 0 fully saturated rings. The molecule has 0 saturated heterocycles. The van der Waals surface area contributed by atoms with Gasteiger partial charge in [0.05, 0.1) is 17.7 Å². The summed E-state index contributed by atoms with van der Waals surface area (Å²) in [6.45, 7) is 0. The van der Waals surface area contributed by atoms with Crippen molar-refractivity contribution in [3.63, 3.8) is 0 Å². The summed E-state index contributed by atoms with van der Waals surface area (Å²) in [5, 5.41) is 18.2. The van der Waals surface area contributed by atoms with E-state index in [2.05, 4.69) is 0 Å². The summed E-state index contributed by atoms with van der Waals surface area (Å²) >= 11 is 0. The van der Waals surface area contributed by atoms with Gasteiger partial charge in [-0.15, -0.1) is 0 Å². The summed E-state index contributed by atoms with van der Waals surface area (Å²) < 4.78 is 74.2. The van der Waals surface area contributed by atoms with Crippen molar-refractivity contribution in [3.05, 3.63) is 47.3 Å². The predicted octanol–water partition coefficient (Wildman–Crippen LogP) is 5.14. The van der Waals surface area contributed by atoms with Crippen LogP contribution in [0.4, 0.5) is 26.3 Å². The lowest BCUT2D eigenvalue weighted by atomic mass is 9.80. The second kappa shape index (κ2) is 7.19. The van der Waals surface area contributed by atoms with Crippen LogP contribution >= 0.6 is 0 Å². The third-order valence-electron chi connectivity index (χ3n) is 3.19. The van der Waals surface area contributed by atoms with E-state index >= 15 is 0 Å². The molecule has 8 heteroatoms. The molecule has 2 nitrogen and oxygen atoms in total. The summed E-state index contributed by atoms with van der Waals surface area (Å²) in [5.74, 6) is -1.72. The van der Waals surface area contributed by atoms with Gasteiger partial charge in [-0.3, -0.25) is 0 Å². The van der Waals surface area contributed by atoms with Crippen LogP contribution in [-0.2, 0) is 12.6 Å². The zero-order valence-electron chi connectivity index (χ0n) is 11.6. The monoisotopic (exact) mass is 332 g/mol. The van der Waals surface area contributed by atoms with Crippen molar-refractivity contribution in [2.24, 2.45) is 5.41 Å². The maximum atomic E-state index is 12.8. The zero-order chi connectivity index (χ0) is 17.7.